The molecule has 4 rings (SSSR count). The van der Waals surface area contributed by atoms with Gasteiger partial charge in [0.2, 0.25) is 9.84 Å². The molecule has 0 heterocycles. The number of rotatable bonds is 10. The molecule has 0 fully saturated rings. The van der Waals surface area contributed by atoms with Crippen molar-refractivity contribution >= 4 is 52.6 Å². The van der Waals surface area contributed by atoms with E-state index in [1.807, 2.05) is 0 Å². The Morgan fingerprint density at radius 2 is 0.829 bits per heavy atom. The van der Waals surface area contributed by atoms with Crippen molar-refractivity contribution in [1.82, 2.24) is 0 Å². The zero-order chi connectivity index (χ0) is 30.0. The molecule has 0 bridgehead atoms. The third-order valence-corrected chi connectivity index (χ3v) is 10.1. The van der Waals surface area contributed by atoms with Crippen molar-refractivity contribution in [1.29, 1.82) is 0 Å². The van der Waals surface area contributed by atoms with Gasteiger partial charge in [-0.3, -0.25) is 29.7 Å². The largest absolute Gasteiger partial charge is 0.280 e. The molecule has 0 atom stereocenters. The second-order valence-electron chi connectivity index (χ2n) is 8.27. The van der Waals surface area contributed by atoms with Crippen LogP contribution >= 0.6 is 0 Å². The second kappa shape index (κ2) is 11.0. The zero-order valence-electron chi connectivity index (χ0n) is 20.4. The van der Waals surface area contributed by atoms with E-state index in [0.717, 1.165) is 48.5 Å². The Balaban J connectivity index is 1.50. The van der Waals surface area contributed by atoms with E-state index in [-0.39, 0.29) is 31.0 Å². The van der Waals surface area contributed by atoms with Crippen LogP contribution in [-0.4, -0.2) is 35.1 Å². The van der Waals surface area contributed by atoms with Gasteiger partial charge in [-0.15, -0.1) is 0 Å². The number of nitrogens with zero attached hydrogens (tertiary/aromatic N) is 2. The predicted molar refractivity (Wildman–Crippen MR) is 146 cm³/mol. The summed E-state index contributed by atoms with van der Waals surface area (Å²) < 4.78 is 81.1. The van der Waals surface area contributed by atoms with E-state index in [9.17, 15) is 45.5 Å². The lowest BCUT2D eigenvalue weighted by molar-refractivity contribution is -0.385. The Labute approximate surface area is 233 Å². The molecule has 0 aliphatic rings. The Bertz CT molecular complexity index is 1840. The first kappa shape index (κ1) is 29.1. The summed E-state index contributed by atoms with van der Waals surface area (Å²) in [6, 6.07) is 18.2. The summed E-state index contributed by atoms with van der Waals surface area (Å²) in [5, 5.41) is 21.9. The monoisotopic (exact) mass is 618 g/mol. The lowest BCUT2D eigenvalue weighted by Gasteiger charge is -2.11. The van der Waals surface area contributed by atoms with E-state index in [0.29, 0.717) is 0 Å². The molecule has 0 radical (unpaired) electrons. The lowest BCUT2D eigenvalue weighted by atomic mass is 10.3. The Morgan fingerprint density at radius 1 is 0.488 bits per heavy atom. The normalized spacial score (nSPS) is 11.9. The number of nitro benzene ring substituents is 2. The summed E-state index contributed by atoms with van der Waals surface area (Å²) in [7, 11) is -12.5. The van der Waals surface area contributed by atoms with Crippen LogP contribution < -0.4 is 9.44 Å². The van der Waals surface area contributed by atoms with Gasteiger partial charge in [-0.1, -0.05) is 12.1 Å². The fraction of sp³-hybridized carbons (Fsp3) is 0. The molecule has 0 amide bonds. The first-order chi connectivity index (χ1) is 19.2. The molecule has 4 aromatic rings. The van der Waals surface area contributed by atoms with Crippen molar-refractivity contribution in [3.05, 3.63) is 117 Å². The lowest BCUT2D eigenvalue weighted by Crippen LogP contribution is -2.13. The summed E-state index contributed by atoms with van der Waals surface area (Å²) in [5.41, 5.74) is -0.836. The maximum Gasteiger partial charge on any atom is 0.270 e. The van der Waals surface area contributed by atoms with Crippen molar-refractivity contribution in [2.75, 3.05) is 9.44 Å². The number of nitrogens with one attached hydrogen (secondary N) is 2. The minimum atomic E-state index is -4.21. The van der Waals surface area contributed by atoms with Crippen LogP contribution in [0.3, 0.4) is 0 Å². The number of hydrogen-bond donors (Lipinski definition) is 2. The van der Waals surface area contributed by atoms with Crippen LogP contribution in [0.1, 0.15) is 0 Å². The van der Waals surface area contributed by atoms with Gasteiger partial charge in [-0.05, 0) is 60.7 Å². The molecular formula is C24H18N4O10S3. The third kappa shape index (κ3) is 6.48. The zero-order valence-corrected chi connectivity index (χ0v) is 22.9. The SMILES string of the molecule is O=[N+]([O-])c1cccc(S(=O)(=O)Nc2ccc(S(=O)(=O)c3ccc(NS(=O)(=O)c4cccc([N+](=O)[O-])c4)cc3)cc2)c1. The molecule has 0 spiro atoms. The number of non-ortho nitro benzene ring substituents is 2. The maximum absolute atomic E-state index is 13.1. The highest BCUT2D eigenvalue weighted by atomic mass is 32.2. The van der Waals surface area contributed by atoms with Crippen LogP contribution in [0.4, 0.5) is 22.7 Å². The first-order valence-electron chi connectivity index (χ1n) is 11.2. The average Bonchev–Trinajstić information content (AvgIpc) is 2.93. The Hall–Kier alpha value is -4.87. The van der Waals surface area contributed by atoms with Crippen molar-refractivity contribution in [3.63, 3.8) is 0 Å². The number of benzene rings is 4. The van der Waals surface area contributed by atoms with E-state index in [1.165, 1.54) is 48.5 Å². The van der Waals surface area contributed by atoms with Gasteiger partial charge < -0.3 is 0 Å². The van der Waals surface area contributed by atoms with E-state index in [1.54, 1.807) is 0 Å². The smallest absolute Gasteiger partial charge is 0.270 e. The number of hydrogen-bond acceptors (Lipinski definition) is 10. The van der Waals surface area contributed by atoms with Gasteiger partial charge in [0.05, 0.1) is 29.4 Å². The van der Waals surface area contributed by atoms with Gasteiger partial charge in [0.15, 0.2) is 0 Å². The maximum atomic E-state index is 13.1. The highest BCUT2D eigenvalue weighted by Gasteiger charge is 2.22. The predicted octanol–water partition coefficient (Wildman–Crippen LogP) is 3.94. The summed E-state index contributed by atoms with van der Waals surface area (Å²) in [6.45, 7) is 0. The van der Waals surface area contributed by atoms with Crippen LogP contribution in [0.25, 0.3) is 0 Å². The molecule has 0 saturated carbocycles. The summed E-state index contributed by atoms with van der Waals surface area (Å²) >= 11 is 0. The second-order valence-corrected chi connectivity index (χ2v) is 13.6. The molecule has 4 aromatic carbocycles. The minimum absolute atomic E-state index is 0.00126. The number of sulfonamides is 2. The molecule has 0 saturated heterocycles. The molecule has 17 heteroatoms. The van der Waals surface area contributed by atoms with Gasteiger partial charge in [-0.25, -0.2) is 25.3 Å². The van der Waals surface area contributed by atoms with Gasteiger partial charge in [0.1, 0.15) is 0 Å². The Kier molecular flexibility index (Phi) is 7.78. The van der Waals surface area contributed by atoms with Crippen LogP contribution in [0.5, 0.6) is 0 Å². The average molecular weight is 619 g/mol. The molecule has 14 nitrogen and oxygen atoms in total. The van der Waals surface area contributed by atoms with Crippen molar-refractivity contribution < 1.29 is 35.1 Å². The highest BCUT2D eigenvalue weighted by molar-refractivity contribution is 7.93. The molecule has 212 valence electrons. The summed E-state index contributed by atoms with van der Waals surface area (Å²) in [4.78, 5) is 19.3. The molecular weight excluding hydrogens is 600 g/mol. The van der Waals surface area contributed by atoms with Gasteiger partial charge in [0.25, 0.3) is 31.4 Å². The van der Waals surface area contributed by atoms with Gasteiger partial charge in [0, 0.05) is 35.6 Å². The third-order valence-electron chi connectivity index (χ3n) is 5.51. The Morgan fingerprint density at radius 3 is 1.15 bits per heavy atom. The van der Waals surface area contributed by atoms with E-state index in [2.05, 4.69) is 9.44 Å². The standard InChI is InChI=1S/C24H18N4O10S3/c29-27(30)19-3-1-5-23(15-19)40(35,36)25-17-7-11-21(12-8-17)39(33,34)22-13-9-18(10-14-22)26-41(37,38)24-6-2-4-20(16-24)28(31)32/h1-16,25-26H. The summed E-state index contributed by atoms with van der Waals surface area (Å²) in [6.07, 6.45) is 0. The molecule has 41 heavy (non-hydrogen) atoms. The minimum Gasteiger partial charge on any atom is -0.280 e. The van der Waals surface area contributed by atoms with E-state index < -0.39 is 51.1 Å². The molecule has 0 aliphatic carbocycles. The van der Waals surface area contributed by atoms with E-state index >= 15 is 0 Å². The van der Waals surface area contributed by atoms with Crippen molar-refractivity contribution in [3.8, 4) is 0 Å². The van der Waals surface area contributed by atoms with Crippen LogP contribution in [0.15, 0.2) is 117 Å². The first-order valence-corrected chi connectivity index (χ1v) is 15.6. The van der Waals surface area contributed by atoms with Crippen LogP contribution in [-0.2, 0) is 29.9 Å². The van der Waals surface area contributed by atoms with Gasteiger partial charge >= 0.3 is 0 Å². The molecule has 2 N–H and O–H groups in total. The van der Waals surface area contributed by atoms with Gasteiger partial charge in [-0.2, -0.15) is 0 Å². The van der Waals surface area contributed by atoms with Crippen LogP contribution in [0.2, 0.25) is 0 Å². The van der Waals surface area contributed by atoms with Crippen molar-refractivity contribution in [2.24, 2.45) is 0 Å². The van der Waals surface area contributed by atoms with Crippen LogP contribution in [0, 0.1) is 20.2 Å². The molecule has 0 aliphatic heterocycles. The number of anilines is 2. The number of nitro groups is 2. The quantitative estimate of drug-likeness (QED) is 0.193. The van der Waals surface area contributed by atoms with E-state index in [4.69, 9.17) is 0 Å². The number of sulfone groups is 1. The topological polar surface area (TPSA) is 213 Å². The molecule has 0 unspecified atom stereocenters. The highest BCUT2D eigenvalue weighted by Crippen LogP contribution is 2.27. The summed E-state index contributed by atoms with van der Waals surface area (Å²) in [5.74, 6) is 0. The fourth-order valence-corrected chi connectivity index (χ4v) is 6.95. The fourth-order valence-electron chi connectivity index (χ4n) is 3.50. The molecule has 0 aromatic heterocycles. The van der Waals surface area contributed by atoms with Crippen molar-refractivity contribution in [2.45, 2.75) is 19.6 Å².